The van der Waals surface area contributed by atoms with E-state index in [-0.39, 0.29) is 45.5 Å². The van der Waals surface area contributed by atoms with Gasteiger partial charge >= 0.3 is 5.63 Å². The minimum atomic E-state index is -2.00. The van der Waals surface area contributed by atoms with Crippen LogP contribution in [0.1, 0.15) is 16.9 Å². The third-order valence-corrected chi connectivity index (χ3v) is 4.57. The van der Waals surface area contributed by atoms with Gasteiger partial charge < -0.3 is 20.2 Å². The average molecular weight is 366 g/mol. The molecular weight excluding hydrogens is 356 g/mol. The zero-order valence-corrected chi connectivity index (χ0v) is 13.7. The summed E-state index contributed by atoms with van der Waals surface area (Å²) in [5.74, 6) is -0.961. The van der Waals surface area contributed by atoms with Crippen molar-refractivity contribution in [3.63, 3.8) is 0 Å². The van der Waals surface area contributed by atoms with Gasteiger partial charge in [-0.15, -0.1) is 0 Å². The van der Waals surface area contributed by atoms with Crippen LogP contribution in [0.3, 0.4) is 0 Å². The van der Waals surface area contributed by atoms with Crippen molar-refractivity contribution in [2.24, 2.45) is 5.73 Å². The first-order chi connectivity index (χ1) is 12.8. The molecule has 10 heteroatoms. The highest BCUT2D eigenvalue weighted by Crippen LogP contribution is 2.52. The van der Waals surface area contributed by atoms with Gasteiger partial charge in [-0.05, 0) is 13.0 Å². The van der Waals surface area contributed by atoms with Gasteiger partial charge in [0.15, 0.2) is 5.41 Å². The van der Waals surface area contributed by atoms with E-state index in [1.165, 1.54) is 25.1 Å². The Bertz CT molecular complexity index is 1190. The maximum atomic E-state index is 13.0. The highest BCUT2D eigenvalue weighted by Gasteiger charge is 2.59. The predicted octanol–water partition coefficient (Wildman–Crippen LogP) is 1.18. The van der Waals surface area contributed by atoms with Crippen LogP contribution in [0.15, 0.2) is 44.9 Å². The molecule has 1 aromatic carbocycles. The Morgan fingerprint density at radius 1 is 1.33 bits per heavy atom. The van der Waals surface area contributed by atoms with E-state index < -0.39 is 21.9 Å². The van der Waals surface area contributed by atoms with Gasteiger partial charge in [0.1, 0.15) is 28.7 Å². The van der Waals surface area contributed by atoms with Gasteiger partial charge in [0.25, 0.3) is 5.69 Å². The fraction of sp³-hybridized carbons (Fsp3) is 0.118. The molecule has 2 aromatic rings. The van der Waals surface area contributed by atoms with Gasteiger partial charge in [-0.3, -0.25) is 14.9 Å². The Balaban J connectivity index is 2.20. The second-order valence-electron chi connectivity index (χ2n) is 6.03. The molecule has 0 fully saturated rings. The number of carbonyl (C=O) groups excluding carboxylic acids is 1. The third kappa shape index (κ3) is 1.93. The molecule has 27 heavy (non-hydrogen) atoms. The van der Waals surface area contributed by atoms with Gasteiger partial charge in [-0.1, -0.05) is 0 Å². The molecule has 1 atom stereocenters. The number of nitro groups is 1. The molecule has 1 spiro atoms. The number of benzene rings is 1. The van der Waals surface area contributed by atoms with Crippen molar-refractivity contribution < 1.29 is 18.9 Å². The van der Waals surface area contributed by atoms with Crippen molar-refractivity contribution in [3.05, 3.63) is 73.1 Å². The summed E-state index contributed by atoms with van der Waals surface area (Å²) in [4.78, 5) is 36.3. The number of anilines is 1. The van der Waals surface area contributed by atoms with E-state index >= 15 is 0 Å². The zero-order chi connectivity index (χ0) is 19.5. The molecule has 1 aromatic heterocycles. The quantitative estimate of drug-likeness (QED) is 0.561. The van der Waals surface area contributed by atoms with Gasteiger partial charge in [0.05, 0.1) is 4.92 Å². The highest BCUT2D eigenvalue weighted by atomic mass is 16.6. The first-order valence-corrected chi connectivity index (χ1v) is 7.64. The molecule has 3 N–H and O–H groups in total. The van der Waals surface area contributed by atoms with Crippen LogP contribution in [0.5, 0.6) is 5.75 Å². The first kappa shape index (κ1) is 16.3. The van der Waals surface area contributed by atoms with Gasteiger partial charge in [0.2, 0.25) is 11.8 Å². The maximum absolute atomic E-state index is 13.0. The van der Waals surface area contributed by atoms with Crippen LogP contribution in [-0.4, -0.2) is 10.8 Å². The number of nitrogens with one attached hydrogen (secondary N) is 1. The molecule has 10 nitrogen and oxygen atoms in total. The molecule has 1 amide bonds. The van der Waals surface area contributed by atoms with Crippen LogP contribution in [0.25, 0.3) is 0 Å². The minimum absolute atomic E-state index is 0.0465. The average Bonchev–Trinajstić information content (AvgIpc) is 2.86. The van der Waals surface area contributed by atoms with Crippen LogP contribution >= 0.6 is 0 Å². The van der Waals surface area contributed by atoms with Crippen molar-refractivity contribution in [2.75, 3.05) is 5.32 Å². The number of carbonyl (C=O) groups is 1. The van der Waals surface area contributed by atoms with Crippen LogP contribution < -0.4 is 21.4 Å². The SMILES string of the molecule is Cc1cc2c(c(=O)o1)[C@]1(C(=O)Nc3ccc([N+](=O)[O-])cc31)C(C#N)=C(N)O2. The topological polar surface area (TPSA) is 161 Å². The van der Waals surface area contributed by atoms with Gasteiger partial charge in [-0.25, -0.2) is 4.79 Å². The van der Waals surface area contributed by atoms with Crippen LogP contribution in [-0.2, 0) is 10.2 Å². The van der Waals surface area contributed by atoms with Crippen LogP contribution in [0.2, 0.25) is 0 Å². The first-order valence-electron chi connectivity index (χ1n) is 7.64. The standard InChI is InChI=1S/C17H10N4O6/c1-7-4-12-13(15(22)26-7)17(10(6-18)14(19)27-12)9-5-8(21(24)25)2-3-11(9)20-16(17)23/h2-5H,19H2,1H3,(H,20,23)/t17-/m1/s1. The number of amides is 1. The Kier molecular flexibility index (Phi) is 3.14. The third-order valence-electron chi connectivity index (χ3n) is 4.57. The number of nitrogens with zero attached hydrogens (tertiary/aromatic N) is 2. The van der Waals surface area contributed by atoms with E-state index in [0.29, 0.717) is 0 Å². The normalized spacial score (nSPS) is 19.8. The number of nitro benzene ring substituents is 1. The number of hydrogen-bond acceptors (Lipinski definition) is 8. The number of non-ortho nitro benzene ring substituents is 1. The van der Waals surface area contributed by atoms with E-state index in [9.17, 15) is 25.0 Å². The molecule has 134 valence electrons. The summed E-state index contributed by atoms with van der Waals surface area (Å²) >= 11 is 0. The lowest BCUT2D eigenvalue weighted by atomic mass is 9.69. The second kappa shape index (κ2) is 5.18. The Morgan fingerprint density at radius 2 is 2.07 bits per heavy atom. The number of rotatable bonds is 1. The van der Waals surface area contributed by atoms with E-state index in [4.69, 9.17) is 14.9 Å². The van der Waals surface area contributed by atoms with E-state index in [1.54, 1.807) is 0 Å². The lowest BCUT2D eigenvalue weighted by Crippen LogP contribution is -2.45. The zero-order valence-electron chi connectivity index (χ0n) is 13.7. The fourth-order valence-corrected chi connectivity index (χ4v) is 3.52. The summed E-state index contributed by atoms with van der Waals surface area (Å²) in [6.45, 7) is 1.50. The van der Waals surface area contributed by atoms with E-state index in [1.807, 2.05) is 6.07 Å². The maximum Gasteiger partial charge on any atom is 0.344 e. The number of ether oxygens (including phenoxy) is 1. The van der Waals surface area contributed by atoms with Crippen molar-refractivity contribution in [2.45, 2.75) is 12.3 Å². The Morgan fingerprint density at radius 3 is 2.74 bits per heavy atom. The lowest BCUT2D eigenvalue weighted by Gasteiger charge is -2.32. The van der Waals surface area contributed by atoms with Crippen LogP contribution in [0, 0.1) is 28.4 Å². The van der Waals surface area contributed by atoms with E-state index in [0.717, 1.165) is 6.07 Å². The molecule has 2 aliphatic heterocycles. The number of nitriles is 1. The number of hydrogen-bond donors (Lipinski definition) is 2. The molecule has 3 heterocycles. The van der Waals surface area contributed by atoms with Gasteiger partial charge in [0, 0.05) is 29.4 Å². The summed E-state index contributed by atoms with van der Waals surface area (Å²) < 4.78 is 10.5. The van der Waals surface area contributed by atoms with Gasteiger partial charge in [-0.2, -0.15) is 5.26 Å². The fourth-order valence-electron chi connectivity index (χ4n) is 3.52. The van der Waals surface area contributed by atoms with Crippen molar-refractivity contribution in [3.8, 4) is 11.8 Å². The molecule has 0 saturated carbocycles. The smallest absolute Gasteiger partial charge is 0.344 e. The predicted molar refractivity (Wildman–Crippen MR) is 89.7 cm³/mol. The molecule has 0 aliphatic carbocycles. The number of nitrogens with two attached hydrogens (primary N) is 1. The highest BCUT2D eigenvalue weighted by molar-refractivity contribution is 6.12. The molecule has 0 unspecified atom stereocenters. The van der Waals surface area contributed by atoms with E-state index in [2.05, 4.69) is 5.32 Å². The van der Waals surface area contributed by atoms with Crippen molar-refractivity contribution >= 4 is 17.3 Å². The monoisotopic (exact) mass is 366 g/mol. The van der Waals surface area contributed by atoms with Crippen molar-refractivity contribution in [1.82, 2.24) is 0 Å². The minimum Gasteiger partial charge on any atom is -0.440 e. The molecule has 0 saturated heterocycles. The summed E-state index contributed by atoms with van der Waals surface area (Å²) in [5.41, 5.74) is 2.33. The molecular formula is C17H10N4O6. The molecule has 4 rings (SSSR count). The molecule has 0 radical (unpaired) electrons. The lowest BCUT2D eigenvalue weighted by molar-refractivity contribution is -0.384. The number of fused-ring (bicyclic) bond motifs is 4. The molecule has 0 bridgehead atoms. The van der Waals surface area contributed by atoms with Crippen LogP contribution in [0.4, 0.5) is 11.4 Å². The molecule has 2 aliphatic rings. The summed E-state index contributed by atoms with van der Waals surface area (Å²) in [6.07, 6.45) is 0. The summed E-state index contributed by atoms with van der Waals surface area (Å²) in [7, 11) is 0. The number of aryl methyl sites for hydroxylation is 1. The summed E-state index contributed by atoms with van der Waals surface area (Å²) in [6, 6.07) is 6.84. The largest absolute Gasteiger partial charge is 0.440 e. The summed E-state index contributed by atoms with van der Waals surface area (Å²) in [5, 5.41) is 23.4. The van der Waals surface area contributed by atoms with Crippen molar-refractivity contribution in [1.29, 1.82) is 5.26 Å². The second-order valence-corrected chi connectivity index (χ2v) is 6.03. The Labute approximate surface area is 150 Å². The Hall–Kier alpha value is -4.13.